The van der Waals surface area contributed by atoms with Crippen molar-refractivity contribution in [2.24, 2.45) is 0 Å². The Morgan fingerprint density at radius 3 is 1.72 bits per heavy atom. The second kappa shape index (κ2) is 10.9. The molecule has 1 N–H and O–H groups in total. The Balaban J connectivity index is 3.22. The summed E-state index contributed by atoms with van der Waals surface area (Å²) in [6.45, 7) is 3.23. The highest BCUT2D eigenvalue weighted by molar-refractivity contribution is 5.84. The van der Waals surface area contributed by atoms with Crippen LogP contribution in [0, 0.1) is 0 Å². The SMILES string of the molecule is CC(=O)CCCCCCCCC(=O)NCC(C)=O. The van der Waals surface area contributed by atoms with Gasteiger partial charge < -0.3 is 10.1 Å². The van der Waals surface area contributed by atoms with Crippen LogP contribution < -0.4 is 5.32 Å². The fraction of sp³-hybridized carbons (Fsp3) is 0.786. The number of unbranched alkanes of at least 4 members (excludes halogenated alkanes) is 5. The van der Waals surface area contributed by atoms with Gasteiger partial charge in [0.05, 0.1) is 6.54 Å². The number of rotatable bonds is 11. The fourth-order valence-electron chi connectivity index (χ4n) is 1.68. The van der Waals surface area contributed by atoms with Gasteiger partial charge in [-0.1, -0.05) is 25.7 Å². The predicted octanol–water partition coefficient (Wildman–Crippen LogP) is 2.40. The zero-order valence-corrected chi connectivity index (χ0v) is 11.6. The maximum atomic E-state index is 11.3. The molecule has 18 heavy (non-hydrogen) atoms. The Morgan fingerprint density at radius 2 is 1.22 bits per heavy atom. The summed E-state index contributed by atoms with van der Waals surface area (Å²) in [5, 5.41) is 2.58. The van der Waals surface area contributed by atoms with E-state index in [0.29, 0.717) is 12.8 Å². The van der Waals surface area contributed by atoms with Gasteiger partial charge in [-0.3, -0.25) is 9.59 Å². The predicted molar refractivity (Wildman–Crippen MR) is 71.3 cm³/mol. The van der Waals surface area contributed by atoms with E-state index in [1.54, 1.807) is 6.92 Å². The lowest BCUT2D eigenvalue weighted by Gasteiger charge is -2.03. The Bertz CT molecular complexity index is 274. The number of ketones is 2. The molecule has 0 aromatic carbocycles. The van der Waals surface area contributed by atoms with E-state index in [1.165, 1.54) is 6.92 Å². The van der Waals surface area contributed by atoms with E-state index in [4.69, 9.17) is 0 Å². The molecule has 0 saturated carbocycles. The molecule has 0 aliphatic rings. The van der Waals surface area contributed by atoms with Gasteiger partial charge in [-0.25, -0.2) is 0 Å². The first kappa shape index (κ1) is 16.8. The molecule has 0 bridgehead atoms. The zero-order chi connectivity index (χ0) is 13.8. The molecule has 0 atom stereocenters. The van der Waals surface area contributed by atoms with E-state index in [2.05, 4.69) is 5.32 Å². The van der Waals surface area contributed by atoms with Crippen molar-refractivity contribution in [3.63, 3.8) is 0 Å². The van der Waals surface area contributed by atoms with Gasteiger partial charge >= 0.3 is 0 Å². The normalized spacial score (nSPS) is 10.1. The molecular weight excluding hydrogens is 230 g/mol. The minimum absolute atomic E-state index is 0.0196. The van der Waals surface area contributed by atoms with Crippen LogP contribution in [0.3, 0.4) is 0 Å². The Labute approximate surface area is 110 Å². The zero-order valence-electron chi connectivity index (χ0n) is 11.6. The van der Waals surface area contributed by atoms with Crippen LogP contribution in [0.25, 0.3) is 0 Å². The summed E-state index contributed by atoms with van der Waals surface area (Å²) in [5.74, 6) is 0.202. The molecule has 0 spiro atoms. The van der Waals surface area contributed by atoms with E-state index in [0.717, 1.165) is 38.5 Å². The molecule has 0 heterocycles. The molecule has 0 saturated heterocycles. The fourth-order valence-corrected chi connectivity index (χ4v) is 1.68. The minimum Gasteiger partial charge on any atom is -0.349 e. The van der Waals surface area contributed by atoms with Crippen molar-refractivity contribution in [1.82, 2.24) is 5.32 Å². The molecule has 0 aliphatic heterocycles. The monoisotopic (exact) mass is 255 g/mol. The van der Waals surface area contributed by atoms with E-state index >= 15 is 0 Å². The van der Waals surface area contributed by atoms with Gasteiger partial charge in [0, 0.05) is 12.8 Å². The van der Waals surface area contributed by atoms with Gasteiger partial charge in [-0.05, 0) is 26.7 Å². The third-order valence-electron chi connectivity index (χ3n) is 2.72. The third-order valence-corrected chi connectivity index (χ3v) is 2.72. The topological polar surface area (TPSA) is 63.2 Å². The molecule has 1 amide bonds. The van der Waals surface area contributed by atoms with Crippen LogP contribution in [0.4, 0.5) is 0 Å². The second-order valence-corrected chi connectivity index (χ2v) is 4.80. The van der Waals surface area contributed by atoms with E-state index in [1.807, 2.05) is 0 Å². The summed E-state index contributed by atoms with van der Waals surface area (Å²) >= 11 is 0. The molecule has 0 aliphatic carbocycles. The van der Waals surface area contributed by atoms with Gasteiger partial charge in [0.25, 0.3) is 0 Å². The van der Waals surface area contributed by atoms with Crippen molar-refractivity contribution in [3.05, 3.63) is 0 Å². The summed E-state index contributed by atoms with van der Waals surface area (Å²) in [6.07, 6.45) is 7.41. The molecule has 0 unspecified atom stereocenters. The number of amides is 1. The highest BCUT2D eigenvalue weighted by Gasteiger charge is 2.01. The van der Waals surface area contributed by atoms with Crippen molar-refractivity contribution in [1.29, 1.82) is 0 Å². The van der Waals surface area contributed by atoms with Crippen molar-refractivity contribution >= 4 is 17.5 Å². The van der Waals surface area contributed by atoms with Gasteiger partial charge in [0.1, 0.15) is 11.6 Å². The van der Waals surface area contributed by atoms with E-state index in [9.17, 15) is 14.4 Å². The van der Waals surface area contributed by atoms with Crippen LogP contribution in [0.1, 0.15) is 65.2 Å². The summed E-state index contributed by atoms with van der Waals surface area (Å²) in [4.78, 5) is 32.6. The first-order valence-electron chi connectivity index (χ1n) is 6.78. The van der Waals surface area contributed by atoms with Crippen LogP contribution in [0.2, 0.25) is 0 Å². The molecular formula is C14H25NO3. The summed E-state index contributed by atoms with van der Waals surface area (Å²) in [7, 11) is 0. The summed E-state index contributed by atoms with van der Waals surface area (Å²) in [6, 6.07) is 0. The lowest BCUT2D eigenvalue weighted by Crippen LogP contribution is -2.27. The van der Waals surface area contributed by atoms with Crippen LogP contribution in [0.5, 0.6) is 0 Å². The first-order valence-corrected chi connectivity index (χ1v) is 6.78. The average molecular weight is 255 g/mol. The molecule has 4 nitrogen and oxygen atoms in total. The van der Waals surface area contributed by atoms with Gasteiger partial charge in [0.2, 0.25) is 5.91 Å². The molecule has 0 rings (SSSR count). The smallest absolute Gasteiger partial charge is 0.220 e. The highest BCUT2D eigenvalue weighted by Crippen LogP contribution is 2.08. The molecule has 0 fully saturated rings. The largest absolute Gasteiger partial charge is 0.349 e. The number of nitrogens with one attached hydrogen (secondary N) is 1. The standard InChI is InChI=1S/C14H25NO3/c1-12(16)9-7-5-3-4-6-8-10-14(18)15-11-13(2)17/h3-11H2,1-2H3,(H,15,18). The number of hydrogen-bond acceptors (Lipinski definition) is 3. The number of Topliss-reactive ketones (excluding diaryl/α,β-unsaturated/α-hetero) is 2. The van der Waals surface area contributed by atoms with Crippen LogP contribution >= 0.6 is 0 Å². The molecule has 4 heteroatoms. The maximum absolute atomic E-state index is 11.3. The van der Waals surface area contributed by atoms with E-state index < -0.39 is 0 Å². The Kier molecular flexibility index (Phi) is 10.2. The summed E-state index contributed by atoms with van der Waals surface area (Å²) < 4.78 is 0. The number of carbonyl (C=O) groups is 3. The third kappa shape index (κ3) is 12.9. The quantitative estimate of drug-likeness (QED) is 0.577. The van der Waals surface area contributed by atoms with Crippen LogP contribution in [-0.4, -0.2) is 24.0 Å². The van der Waals surface area contributed by atoms with Gasteiger partial charge in [-0.2, -0.15) is 0 Å². The average Bonchev–Trinajstić information content (AvgIpc) is 2.29. The lowest BCUT2D eigenvalue weighted by atomic mass is 10.1. The van der Waals surface area contributed by atoms with E-state index in [-0.39, 0.29) is 24.0 Å². The lowest BCUT2D eigenvalue weighted by molar-refractivity contribution is -0.124. The Morgan fingerprint density at radius 1 is 0.722 bits per heavy atom. The van der Waals surface area contributed by atoms with Gasteiger partial charge in [0.15, 0.2) is 0 Å². The van der Waals surface area contributed by atoms with Crippen molar-refractivity contribution in [3.8, 4) is 0 Å². The number of hydrogen-bond donors (Lipinski definition) is 1. The van der Waals surface area contributed by atoms with Crippen molar-refractivity contribution in [2.75, 3.05) is 6.54 Å². The van der Waals surface area contributed by atoms with Crippen LogP contribution in [-0.2, 0) is 14.4 Å². The van der Waals surface area contributed by atoms with Crippen molar-refractivity contribution in [2.45, 2.75) is 65.2 Å². The molecule has 104 valence electrons. The van der Waals surface area contributed by atoms with Crippen molar-refractivity contribution < 1.29 is 14.4 Å². The minimum atomic E-state index is -0.0400. The second-order valence-electron chi connectivity index (χ2n) is 4.80. The highest BCUT2D eigenvalue weighted by atomic mass is 16.2. The first-order chi connectivity index (χ1) is 8.52. The van der Waals surface area contributed by atoms with Crippen LogP contribution in [0.15, 0.2) is 0 Å². The maximum Gasteiger partial charge on any atom is 0.220 e. The molecule has 0 radical (unpaired) electrons. The summed E-state index contributed by atoms with van der Waals surface area (Å²) in [5.41, 5.74) is 0. The van der Waals surface area contributed by atoms with Gasteiger partial charge in [-0.15, -0.1) is 0 Å². The molecule has 0 aromatic rings. The Hall–Kier alpha value is -1.19. The number of carbonyl (C=O) groups excluding carboxylic acids is 3. The molecule has 0 aromatic heterocycles.